The van der Waals surface area contributed by atoms with E-state index in [-0.39, 0.29) is 88.2 Å². The molecular formula is AlO3TiY+4. The maximum absolute atomic E-state index is 0. The van der Waals surface area contributed by atoms with Gasteiger partial charge in [-0.25, -0.2) is 0 Å². The summed E-state index contributed by atoms with van der Waals surface area (Å²) in [5, 5.41) is 0. The molecular weight excluding hydrogens is 212 g/mol. The van der Waals surface area contributed by atoms with E-state index in [0.717, 1.165) is 0 Å². The van der Waals surface area contributed by atoms with Crippen LogP contribution in [0.3, 0.4) is 0 Å². The standard InChI is InChI=1S/Al.3O.Ti.Y/q+3;3*-2;+4;+3. The first-order valence-electron chi connectivity index (χ1n) is 0. The van der Waals surface area contributed by atoms with Crippen molar-refractivity contribution in [2.24, 2.45) is 0 Å². The monoisotopic (exact) mass is 212 g/mol. The Kier molecular flexibility index (Phi) is 813. The Bertz CT molecular complexity index is 10.8. The van der Waals surface area contributed by atoms with Crippen LogP contribution in [0.1, 0.15) is 0 Å². The summed E-state index contributed by atoms with van der Waals surface area (Å²) in [5.74, 6) is 0. The zero-order chi connectivity index (χ0) is 0. The van der Waals surface area contributed by atoms with Gasteiger partial charge in [0.15, 0.2) is 0 Å². The largest absolute Gasteiger partial charge is 4.00 e. The van der Waals surface area contributed by atoms with Crippen LogP contribution < -0.4 is 0 Å². The second kappa shape index (κ2) is 56.4. The Morgan fingerprint density at radius 2 is 0.667 bits per heavy atom. The Morgan fingerprint density at radius 1 is 0.667 bits per heavy atom. The topological polar surface area (TPSA) is 85.5 Å². The molecule has 0 aliphatic carbocycles. The third-order valence-corrected chi connectivity index (χ3v) is 0. The van der Waals surface area contributed by atoms with Crippen molar-refractivity contribution in [3.05, 3.63) is 0 Å². The van der Waals surface area contributed by atoms with Gasteiger partial charge in [-0.1, -0.05) is 0 Å². The molecule has 0 N–H and O–H groups in total. The van der Waals surface area contributed by atoms with E-state index in [4.69, 9.17) is 0 Å². The van der Waals surface area contributed by atoms with Crippen molar-refractivity contribution in [2.75, 3.05) is 0 Å². The average molecular weight is 212 g/mol. The van der Waals surface area contributed by atoms with Gasteiger partial charge in [0.1, 0.15) is 0 Å². The second-order valence-corrected chi connectivity index (χ2v) is 0. The molecule has 0 amide bonds. The van der Waals surface area contributed by atoms with E-state index >= 15 is 0 Å². The average Bonchev–Trinajstić information content (AvgIpc) is 0. The van der Waals surface area contributed by atoms with Crippen LogP contribution in [0.4, 0.5) is 0 Å². The molecule has 0 bridgehead atoms. The minimum Gasteiger partial charge on any atom is -2.00 e. The third kappa shape index (κ3) is 34.3. The van der Waals surface area contributed by atoms with Gasteiger partial charge in [-0.15, -0.1) is 0 Å². The minimum atomic E-state index is 0. The van der Waals surface area contributed by atoms with E-state index < -0.39 is 0 Å². The molecule has 0 atom stereocenters. The fourth-order valence-electron chi connectivity index (χ4n) is 0. The fourth-order valence-corrected chi connectivity index (χ4v) is 0. The summed E-state index contributed by atoms with van der Waals surface area (Å²) in [7, 11) is 0. The zero-order valence-electron chi connectivity index (χ0n) is 2.88. The van der Waals surface area contributed by atoms with Crippen LogP contribution in [-0.2, 0) is 70.9 Å². The molecule has 6 heavy (non-hydrogen) atoms. The molecule has 0 aliphatic heterocycles. The van der Waals surface area contributed by atoms with Crippen LogP contribution >= 0.6 is 0 Å². The van der Waals surface area contributed by atoms with Gasteiger partial charge in [-0.3, -0.25) is 0 Å². The SMILES string of the molecule is [Al+3].[O-2].[O-2].[O-2].[Ti+4].[Y+3]. The molecule has 0 spiro atoms. The number of rotatable bonds is 0. The molecule has 0 unspecified atom stereocenters. The molecule has 0 radical (unpaired) electrons. The van der Waals surface area contributed by atoms with Crippen LogP contribution in [0, 0.1) is 0 Å². The Hall–Kier alpha value is 2.23. The van der Waals surface area contributed by atoms with E-state index in [2.05, 4.69) is 0 Å². The summed E-state index contributed by atoms with van der Waals surface area (Å²) in [6, 6.07) is 0. The molecule has 24 valence electrons. The van der Waals surface area contributed by atoms with Crippen LogP contribution in [0.25, 0.3) is 0 Å². The van der Waals surface area contributed by atoms with Gasteiger partial charge in [0, 0.05) is 0 Å². The molecule has 0 saturated carbocycles. The molecule has 0 saturated heterocycles. The van der Waals surface area contributed by atoms with Gasteiger partial charge < -0.3 is 16.4 Å². The minimum absolute atomic E-state index is 0. The molecule has 3 nitrogen and oxygen atoms in total. The molecule has 0 fully saturated rings. The predicted molar refractivity (Wildman–Crippen MR) is 7.81 cm³/mol. The van der Waals surface area contributed by atoms with Crippen LogP contribution in [0.5, 0.6) is 0 Å². The summed E-state index contributed by atoms with van der Waals surface area (Å²) in [6.45, 7) is 0. The van der Waals surface area contributed by atoms with E-state index in [1.54, 1.807) is 0 Å². The van der Waals surface area contributed by atoms with Crippen LogP contribution in [-0.4, -0.2) is 17.4 Å². The Morgan fingerprint density at radius 3 is 0.667 bits per heavy atom. The number of hydrogen-bond acceptors (Lipinski definition) is 0. The van der Waals surface area contributed by atoms with E-state index in [9.17, 15) is 0 Å². The molecule has 0 heterocycles. The van der Waals surface area contributed by atoms with Gasteiger partial charge in [0.25, 0.3) is 0 Å². The Labute approximate surface area is 87.1 Å². The molecule has 6 heteroatoms. The van der Waals surface area contributed by atoms with Gasteiger partial charge in [-0.05, 0) is 0 Å². The van der Waals surface area contributed by atoms with Crippen LogP contribution in [0.2, 0.25) is 0 Å². The van der Waals surface area contributed by atoms with Crippen molar-refractivity contribution in [3.63, 3.8) is 0 Å². The van der Waals surface area contributed by atoms with E-state index in [0.29, 0.717) is 0 Å². The number of hydrogen-bond donors (Lipinski definition) is 0. The first-order chi connectivity index (χ1) is 0. The normalized spacial score (nSPS) is 0. The quantitative estimate of drug-likeness (QED) is 0.473. The second-order valence-electron chi connectivity index (χ2n) is 0. The van der Waals surface area contributed by atoms with Crippen molar-refractivity contribution in [2.45, 2.75) is 0 Å². The van der Waals surface area contributed by atoms with Gasteiger partial charge in [0.05, 0.1) is 0 Å². The van der Waals surface area contributed by atoms with Crippen molar-refractivity contribution in [1.82, 2.24) is 0 Å². The van der Waals surface area contributed by atoms with Gasteiger partial charge in [-0.2, -0.15) is 0 Å². The third-order valence-electron chi connectivity index (χ3n) is 0. The zero-order valence-corrected chi connectivity index (χ0v) is 8.43. The summed E-state index contributed by atoms with van der Waals surface area (Å²) in [4.78, 5) is 0. The van der Waals surface area contributed by atoms with E-state index in [1.807, 2.05) is 0 Å². The van der Waals surface area contributed by atoms with Crippen molar-refractivity contribution >= 4 is 17.4 Å². The molecule has 0 aromatic heterocycles. The molecule has 0 aromatic rings. The van der Waals surface area contributed by atoms with Gasteiger partial charge >= 0.3 is 71.8 Å². The molecule has 0 aromatic carbocycles. The predicted octanol–water partition coefficient (Wildman–Crippen LogP) is -0.742. The summed E-state index contributed by atoms with van der Waals surface area (Å²) >= 11 is 0. The molecule has 0 rings (SSSR count). The first-order valence-corrected chi connectivity index (χ1v) is 0. The maximum atomic E-state index is 0. The van der Waals surface area contributed by atoms with Crippen molar-refractivity contribution in [1.29, 1.82) is 0 Å². The fraction of sp³-hybridized carbons (Fsp3) is 0. The maximum Gasteiger partial charge on any atom is 4.00 e. The Balaban J connectivity index is 0. The summed E-state index contributed by atoms with van der Waals surface area (Å²) in [5.41, 5.74) is 0. The van der Waals surface area contributed by atoms with Gasteiger partial charge in [0.2, 0.25) is 0 Å². The van der Waals surface area contributed by atoms with Crippen LogP contribution in [0.15, 0.2) is 0 Å². The van der Waals surface area contributed by atoms with Crippen molar-refractivity contribution < 1.29 is 70.9 Å². The summed E-state index contributed by atoms with van der Waals surface area (Å²) in [6.07, 6.45) is 0. The first kappa shape index (κ1) is 86.5. The van der Waals surface area contributed by atoms with Crippen molar-refractivity contribution in [3.8, 4) is 0 Å². The van der Waals surface area contributed by atoms with E-state index in [1.165, 1.54) is 0 Å². The summed E-state index contributed by atoms with van der Waals surface area (Å²) < 4.78 is 0. The smallest absolute Gasteiger partial charge is 2.00 e. The molecule has 0 aliphatic rings.